The van der Waals surface area contributed by atoms with Crippen molar-refractivity contribution in [3.63, 3.8) is 0 Å². The molecule has 12 rings (SSSR count). The third kappa shape index (κ3) is 14.3. The summed E-state index contributed by atoms with van der Waals surface area (Å²) in [5.41, 5.74) is -5.01. The number of esters is 1. The first-order valence-corrected chi connectivity index (χ1v) is 37.0. The van der Waals surface area contributed by atoms with Gasteiger partial charge in [0.1, 0.15) is 146 Å². The van der Waals surface area contributed by atoms with Crippen molar-refractivity contribution in [1.29, 1.82) is 0 Å². The normalized spacial score (nSPS) is 55.0. The van der Waals surface area contributed by atoms with Gasteiger partial charge in [-0.05, 0) is 111 Å². The second-order valence-corrected chi connectivity index (χ2v) is 33.6. The zero-order valence-electron chi connectivity index (χ0n) is 60.7. The fourth-order valence-corrected chi connectivity index (χ4v) is 20.2. The molecule has 43 atom stereocenters. The van der Waals surface area contributed by atoms with Crippen molar-refractivity contribution in [1.82, 2.24) is 0 Å². The molecule has 20 N–H and O–H groups in total. The lowest BCUT2D eigenvalue weighted by molar-refractivity contribution is -0.394. The van der Waals surface area contributed by atoms with E-state index < -0.39 is 298 Å². The van der Waals surface area contributed by atoms with Gasteiger partial charge in [0.05, 0.1) is 56.3 Å². The number of carbonyl (C=O) groups is 3. The number of aliphatic hydroxyl groups is 19. The topological polar surface area (TPSA) is 585 Å². The Morgan fingerprint density at radius 3 is 1.56 bits per heavy atom. The lowest BCUT2D eigenvalue weighted by atomic mass is 9.33. The highest BCUT2D eigenvalue weighted by Gasteiger charge is 2.73. The first kappa shape index (κ1) is 83.5. The van der Waals surface area contributed by atoms with Gasteiger partial charge < -0.3 is 173 Å². The summed E-state index contributed by atoms with van der Waals surface area (Å²) in [4.78, 5) is 43.2. The summed E-state index contributed by atoms with van der Waals surface area (Å²) in [6.45, 7) is 12.0. The van der Waals surface area contributed by atoms with Crippen LogP contribution >= 0.6 is 0 Å². The molecular weight excluding hydrogens is 1430 g/mol. The third-order valence-electron chi connectivity index (χ3n) is 26.9. The third-order valence-corrected chi connectivity index (χ3v) is 26.9. The molecule has 0 aromatic rings. The molecule has 7 saturated heterocycles. The van der Waals surface area contributed by atoms with Crippen LogP contribution in [0.3, 0.4) is 0 Å². The van der Waals surface area contributed by atoms with Crippen molar-refractivity contribution >= 4 is 18.2 Å². The van der Waals surface area contributed by atoms with Gasteiger partial charge in [-0.15, -0.1) is 0 Å². The maximum Gasteiger partial charge on any atom is 0.335 e. The molecule has 7 heterocycles. The van der Waals surface area contributed by atoms with Gasteiger partial charge in [-0.1, -0.05) is 53.2 Å². The van der Waals surface area contributed by atoms with Crippen LogP contribution in [0.15, 0.2) is 11.6 Å². The van der Waals surface area contributed by atoms with Gasteiger partial charge in [0.25, 0.3) is 0 Å². The Labute approximate surface area is 615 Å². The van der Waals surface area contributed by atoms with E-state index in [1.54, 1.807) is 6.92 Å². The minimum atomic E-state index is -2.23. The van der Waals surface area contributed by atoms with E-state index in [2.05, 4.69) is 40.7 Å². The Morgan fingerprint density at radius 1 is 0.486 bits per heavy atom. The van der Waals surface area contributed by atoms with Crippen molar-refractivity contribution in [2.24, 2.45) is 50.2 Å². The molecule has 11 fully saturated rings. The van der Waals surface area contributed by atoms with Gasteiger partial charge >= 0.3 is 11.9 Å². The SMILES string of the molecule is C[C@@H]1O[C@H](OC(=O)[C@]23CCC(C)(C)C[C@H]2C2=CC[C@H]4[C@@]5(C)CC[C@H](O[C@@H]6O[C@H](C(=O)O)[C@@H](O)[C@H](O[C@@H]7OC[C@@H](O)[C@H](O)[C@H]7O)[C@H]6O[C@H]6O[C@@H](CO)[C@@H](O)[C@@H](O)[C@@H]6O)[C@@](C)(C=O)[C@H]5CC[C@@]4(C)[C@]2(C)C[C@H]3O)[C@@H](O[C@H]2O[C@H](C)[C@@H](O[C@H]3OC[C@H](O)[C@@H](O)[C@@H]3O)[C@H](O[C@@H]3O[C@H](CO)[C@@H](O)[C@H](O)[C@H]3O)[C@@H]2O)[C@H](O)[C@@H]1O. The van der Waals surface area contributed by atoms with Gasteiger partial charge in [0.2, 0.25) is 6.29 Å². The number of hydrogen-bond donors (Lipinski definition) is 20. The minimum absolute atomic E-state index is 0.0111. The Kier molecular flexibility index (Phi) is 24.5. The molecule has 0 unspecified atom stereocenters. The molecule has 37 nitrogen and oxygen atoms in total. The van der Waals surface area contributed by atoms with Gasteiger partial charge in [0, 0.05) is 0 Å². The smallest absolute Gasteiger partial charge is 0.335 e. The lowest BCUT2D eigenvalue weighted by Crippen LogP contribution is -2.69. The van der Waals surface area contributed by atoms with Crippen LogP contribution in [0.2, 0.25) is 0 Å². The van der Waals surface area contributed by atoms with Crippen molar-refractivity contribution in [2.45, 2.75) is 328 Å². The van der Waals surface area contributed by atoms with Gasteiger partial charge in [-0.3, -0.25) is 4.79 Å². The Morgan fingerprint density at radius 2 is 1.00 bits per heavy atom. The van der Waals surface area contributed by atoms with Crippen LogP contribution in [0, 0.1) is 50.2 Å². The standard InChI is InChI=1S/C70H110O37/c1-24-36(77)43(84)54(105-61-49(90)52(103-59-46(87)41(82)39(80)30(19-71)98-59)50(25(2)97-61)101-57-44(85)37(78)28(74)21-94-57)62(96-24)107-64(93)70-16-15-65(3,4)17-27(70)26-9-10-33-66(5)13-12-35(67(6,23-73)32(66)11-14-68(33,7)69(26,8)18-34(70)76)100-63-55(106-60-47(88)42(83)40(81)31(20-72)99-60)51(48(89)53(104-63)56(91)92)102-58-45(86)38(79)29(75)22-95-58/h9,23-25,27-55,57-63,71-72,74-90H,10-22H2,1-8H3,(H,91,92)/t24-,25+,27-,28-,29+,30+,31-,32-,33-,34+,35-,36+,37+,38-,39+,40+,41-,42+,43+,44-,45+,46+,47-,48-,49-,50+,51-,52+,53-,54-,55+,57+,58-,59-,60+,61+,62+,63+,66-,67-,68+,69+,70+/m0/s1. The lowest BCUT2D eigenvalue weighted by Gasteiger charge is -2.71. The van der Waals surface area contributed by atoms with E-state index in [9.17, 15) is 112 Å². The second kappa shape index (κ2) is 31.4. The predicted octanol–water partition coefficient (Wildman–Crippen LogP) is -6.99. The second-order valence-electron chi connectivity index (χ2n) is 33.6. The number of hydrogen-bond acceptors (Lipinski definition) is 36. The molecule has 612 valence electrons. The number of carbonyl (C=O) groups excluding carboxylic acids is 2. The number of carboxylic acids is 1. The van der Waals surface area contributed by atoms with E-state index in [-0.39, 0.29) is 25.2 Å². The number of allylic oxidation sites excluding steroid dienone is 2. The molecule has 4 saturated carbocycles. The van der Waals surface area contributed by atoms with E-state index >= 15 is 4.79 Å². The van der Waals surface area contributed by atoms with Crippen LogP contribution in [0.4, 0.5) is 0 Å². The Bertz CT molecular complexity index is 3130. The van der Waals surface area contributed by atoms with Crippen LogP contribution < -0.4 is 0 Å². The molecule has 37 heteroatoms. The largest absolute Gasteiger partial charge is 0.479 e. The molecule has 5 aliphatic carbocycles. The summed E-state index contributed by atoms with van der Waals surface area (Å²) >= 11 is 0. The maximum atomic E-state index is 15.9. The minimum Gasteiger partial charge on any atom is -0.479 e. The van der Waals surface area contributed by atoms with Crippen LogP contribution in [0.1, 0.15) is 113 Å². The molecule has 0 bridgehead atoms. The highest BCUT2D eigenvalue weighted by Crippen LogP contribution is 2.76. The van der Waals surface area contributed by atoms with E-state index in [1.807, 2.05) is 0 Å². The molecule has 0 aromatic carbocycles. The van der Waals surface area contributed by atoms with Crippen molar-refractivity contribution < 1.29 is 183 Å². The summed E-state index contributed by atoms with van der Waals surface area (Å²) < 4.78 is 84.6. The Hall–Kier alpha value is -2.93. The molecule has 107 heavy (non-hydrogen) atoms. The number of aliphatic carboxylic acids is 1. The first-order chi connectivity index (χ1) is 50.2. The van der Waals surface area contributed by atoms with Crippen molar-refractivity contribution in [2.75, 3.05) is 26.4 Å². The summed E-state index contributed by atoms with van der Waals surface area (Å²) in [6.07, 6.45) is -58.4. The van der Waals surface area contributed by atoms with Crippen LogP contribution in [0.5, 0.6) is 0 Å². The van der Waals surface area contributed by atoms with Crippen LogP contribution in [-0.2, 0) is 80.7 Å². The fourth-order valence-electron chi connectivity index (χ4n) is 20.2. The van der Waals surface area contributed by atoms with Crippen molar-refractivity contribution in [3.8, 4) is 0 Å². The summed E-state index contributed by atoms with van der Waals surface area (Å²) in [5, 5.41) is 220. The molecule has 12 aliphatic rings. The van der Waals surface area contributed by atoms with Gasteiger partial charge in [-0.25, -0.2) is 4.79 Å². The number of aldehydes is 1. The average molecular weight is 1540 g/mol. The zero-order chi connectivity index (χ0) is 78.2. The number of rotatable bonds is 18. The number of carboxylic acid groups (broad SMARTS) is 1. The van der Waals surface area contributed by atoms with Crippen LogP contribution in [-0.4, -0.2) is 362 Å². The zero-order valence-corrected chi connectivity index (χ0v) is 60.7. The summed E-state index contributed by atoms with van der Waals surface area (Å²) in [7, 11) is 0. The molecular formula is C70H110O37. The Balaban J connectivity index is 0.815. The average Bonchev–Trinajstić information content (AvgIpc) is 0.670. The van der Waals surface area contributed by atoms with E-state index in [0.717, 1.165) is 11.9 Å². The highest BCUT2D eigenvalue weighted by molar-refractivity contribution is 5.80. The number of ether oxygens (including phenoxy) is 14. The fraction of sp³-hybridized carbons (Fsp3) is 0.929. The monoisotopic (exact) mass is 1540 g/mol. The number of aliphatic hydroxyl groups excluding tert-OH is 19. The van der Waals surface area contributed by atoms with Gasteiger partial charge in [0.15, 0.2) is 49.9 Å². The molecule has 0 radical (unpaired) electrons. The molecule has 0 aromatic heterocycles. The highest BCUT2D eigenvalue weighted by atomic mass is 16.8. The van der Waals surface area contributed by atoms with Gasteiger partial charge in [-0.2, -0.15) is 0 Å². The predicted molar refractivity (Wildman–Crippen MR) is 348 cm³/mol. The van der Waals surface area contributed by atoms with Crippen molar-refractivity contribution in [3.05, 3.63) is 11.6 Å². The van der Waals surface area contributed by atoms with Crippen LogP contribution in [0.25, 0.3) is 0 Å². The van der Waals surface area contributed by atoms with E-state index in [0.29, 0.717) is 38.5 Å². The molecule has 0 spiro atoms. The van der Waals surface area contributed by atoms with E-state index in [1.165, 1.54) is 13.8 Å². The molecule has 7 aliphatic heterocycles. The van der Waals surface area contributed by atoms with E-state index in [4.69, 9.17) is 66.3 Å². The summed E-state index contributed by atoms with van der Waals surface area (Å²) in [6, 6.07) is 0. The molecule has 0 amide bonds. The summed E-state index contributed by atoms with van der Waals surface area (Å²) in [5.74, 6) is -4.17. The number of fused-ring (bicyclic) bond motifs is 7. The quantitative estimate of drug-likeness (QED) is 0.0262. The maximum absolute atomic E-state index is 15.9. The first-order valence-electron chi connectivity index (χ1n) is 37.0.